The summed E-state index contributed by atoms with van der Waals surface area (Å²) in [6, 6.07) is 5.75. The SMILES string of the molecule is NC(=O)c1ccc(B(O)O)cc1.[HH].[HH].[HH].[HH]. The van der Waals surface area contributed by atoms with E-state index in [1.54, 1.807) is 0 Å². The van der Waals surface area contributed by atoms with Gasteiger partial charge in [-0.15, -0.1) is 0 Å². The van der Waals surface area contributed by atoms with Crippen LogP contribution in [0.3, 0.4) is 0 Å². The molecule has 0 unspecified atom stereocenters. The Labute approximate surface area is 75.7 Å². The molecule has 0 atom stereocenters. The first-order valence-corrected chi connectivity index (χ1v) is 3.37. The van der Waals surface area contributed by atoms with Gasteiger partial charge >= 0.3 is 7.12 Å². The lowest BCUT2D eigenvalue weighted by Crippen LogP contribution is -2.29. The highest BCUT2D eigenvalue weighted by Gasteiger charge is 2.10. The van der Waals surface area contributed by atoms with Crippen LogP contribution in [-0.2, 0) is 0 Å². The van der Waals surface area contributed by atoms with Crippen LogP contribution in [0.15, 0.2) is 24.3 Å². The van der Waals surface area contributed by atoms with E-state index in [1.807, 2.05) is 0 Å². The molecule has 12 heavy (non-hydrogen) atoms. The number of carbonyl (C=O) groups is 1. The lowest BCUT2D eigenvalue weighted by molar-refractivity contribution is 0.100. The summed E-state index contributed by atoms with van der Waals surface area (Å²) in [5, 5.41) is 17.4. The van der Waals surface area contributed by atoms with Crippen LogP contribution < -0.4 is 11.2 Å². The molecule has 0 aliphatic rings. The predicted molar refractivity (Wildman–Crippen MR) is 53.2 cm³/mol. The molecule has 70 valence electrons. The molecule has 0 aliphatic carbocycles. The summed E-state index contributed by atoms with van der Waals surface area (Å²) >= 11 is 0. The van der Waals surface area contributed by atoms with Gasteiger partial charge in [-0.1, -0.05) is 12.1 Å². The summed E-state index contributed by atoms with van der Waals surface area (Å²) in [6.07, 6.45) is 0. The predicted octanol–water partition coefficient (Wildman–Crippen LogP) is -0.551. The Hall–Kier alpha value is -1.33. The Morgan fingerprint density at radius 3 is 2.17 bits per heavy atom. The van der Waals surface area contributed by atoms with Crippen molar-refractivity contribution < 1.29 is 20.5 Å². The van der Waals surface area contributed by atoms with Crippen LogP contribution in [0, 0.1) is 0 Å². The molecular weight excluding hydrogens is 157 g/mol. The molecule has 1 aromatic rings. The molecule has 4 N–H and O–H groups in total. The number of hydrogen-bond acceptors (Lipinski definition) is 3. The number of primary amides is 1. The maximum atomic E-state index is 10.6. The van der Waals surface area contributed by atoms with Crippen molar-refractivity contribution in [3.05, 3.63) is 29.8 Å². The second-order valence-corrected chi connectivity index (χ2v) is 2.36. The van der Waals surface area contributed by atoms with Crippen molar-refractivity contribution in [2.24, 2.45) is 5.73 Å². The van der Waals surface area contributed by atoms with E-state index < -0.39 is 13.0 Å². The van der Waals surface area contributed by atoms with Gasteiger partial charge in [0.25, 0.3) is 0 Å². The van der Waals surface area contributed by atoms with Gasteiger partial charge in [0.15, 0.2) is 0 Å². The zero-order valence-corrected chi connectivity index (χ0v) is 6.27. The van der Waals surface area contributed by atoms with E-state index in [4.69, 9.17) is 15.8 Å². The number of benzene rings is 1. The molecule has 0 spiro atoms. The third-order valence-corrected chi connectivity index (χ3v) is 1.49. The third-order valence-electron chi connectivity index (χ3n) is 1.49. The fourth-order valence-electron chi connectivity index (χ4n) is 0.820. The van der Waals surface area contributed by atoms with Crippen molar-refractivity contribution in [2.45, 2.75) is 0 Å². The lowest BCUT2D eigenvalue weighted by Gasteiger charge is -1.99. The van der Waals surface area contributed by atoms with Crippen LogP contribution in [-0.4, -0.2) is 23.1 Å². The smallest absolute Gasteiger partial charge is 0.423 e. The number of amides is 1. The molecule has 0 saturated carbocycles. The summed E-state index contributed by atoms with van der Waals surface area (Å²) in [7, 11) is -1.51. The topological polar surface area (TPSA) is 83.6 Å². The third kappa shape index (κ3) is 1.84. The van der Waals surface area contributed by atoms with Crippen LogP contribution in [0.2, 0.25) is 0 Å². The van der Waals surface area contributed by atoms with Crippen LogP contribution in [0.1, 0.15) is 16.1 Å². The molecule has 1 amide bonds. The van der Waals surface area contributed by atoms with Crippen LogP contribution in [0.4, 0.5) is 0 Å². The minimum Gasteiger partial charge on any atom is -0.423 e. The minimum atomic E-state index is -1.51. The monoisotopic (exact) mass is 173 g/mol. The van der Waals surface area contributed by atoms with Crippen molar-refractivity contribution in [3.63, 3.8) is 0 Å². The number of carbonyl (C=O) groups excluding carboxylic acids is 1. The van der Waals surface area contributed by atoms with Crippen molar-refractivity contribution in [2.75, 3.05) is 0 Å². The summed E-state index contributed by atoms with van der Waals surface area (Å²) in [4.78, 5) is 10.6. The zero-order valence-electron chi connectivity index (χ0n) is 6.27. The van der Waals surface area contributed by atoms with Crippen LogP contribution in [0.5, 0.6) is 0 Å². The summed E-state index contributed by atoms with van der Waals surface area (Å²) in [5.41, 5.74) is 5.66. The van der Waals surface area contributed by atoms with E-state index in [-0.39, 0.29) is 5.71 Å². The highest BCUT2D eigenvalue weighted by Crippen LogP contribution is 1.94. The standard InChI is InChI=1S/C7H8BNO3.4H2/c9-7(10)5-1-3-6(4-2-5)8(11)12;;;;/h1-4,11-12H,(H2,9,10);4*1H. The zero-order chi connectivity index (χ0) is 9.14. The first-order valence-electron chi connectivity index (χ1n) is 3.37. The minimum absolute atomic E-state index is 0. The molecule has 0 heterocycles. The Kier molecular flexibility index (Phi) is 2.47. The average molecular weight is 173 g/mol. The fourth-order valence-corrected chi connectivity index (χ4v) is 0.820. The molecule has 0 radical (unpaired) electrons. The molecule has 5 heteroatoms. The van der Waals surface area contributed by atoms with Gasteiger partial charge in [-0.05, 0) is 17.6 Å². The number of rotatable bonds is 2. The number of hydrogen-bond donors (Lipinski definition) is 3. The summed E-state index contributed by atoms with van der Waals surface area (Å²) in [6.45, 7) is 0. The fraction of sp³-hybridized carbons (Fsp3) is 0. The second-order valence-electron chi connectivity index (χ2n) is 2.36. The van der Waals surface area contributed by atoms with Gasteiger partial charge in [0.05, 0.1) is 0 Å². The molecule has 1 aromatic carbocycles. The molecular formula is C7H16BNO3. The molecule has 0 fully saturated rings. The Morgan fingerprint density at radius 2 is 1.83 bits per heavy atom. The summed E-state index contributed by atoms with van der Waals surface area (Å²) in [5.74, 6) is -0.533. The van der Waals surface area contributed by atoms with Gasteiger partial charge in [0.1, 0.15) is 0 Å². The van der Waals surface area contributed by atoms with E-state index in [2.05, 4.69) is 0 Å². The van der Waals surface area contributed by atoms with Crippen molar-refractivity contribution in [1.82, 2.24) is 0 Å². The average Bonchev–Trinajstić information content (AvgIpc) is 2.04. The van der Waals surface area contributed by atoms with E-state index >= 15 is 0 Å². The van der Waals surface area contributed by atoms with Crippen molar-refractivity contribution >= 4 is 18.5 Å². The van der Waals surface area contributed by atoms with Gasteiger partial charge in [0.2, 0.25) is 5.91 Å². The second kappa shape index (κ2) is 3.38. The number of nitrogens with two attached hydrogens (primary N) is 1. The van der Waals surface area contributed by atoms with E-state index in [1.165, 1.54) is 24.3 Å². The van der Waals surface area contributed by atoms with Gasteiger partial charge in [-0.3, -0.25) is 4.79 Å². The van der Waals surface area contributed by atoms with E-state index in [0.29, 0.717) is 11.0 Å². The lowest BCUT2D eigenvalue weighted by atomic mass is 9.80. The largest absolute Gasteiger partial charge is 0.488 e. The molecule has 1 rings (SSSR count). The summed E-state index contributed by atoms with van der Waals surface area (Å²) < 4.78 is 0. The van der Waals surface area contributed by atoms with Crippen LogP contribution >= 0.6 is 0 Å². The van der Waals surface area contributed by atoms with Crippen molar-refractivity contribution in [1.29, 1.82) is 0 Å². The Bertz CT molecular complexity index is 296. The van der Waals surface area contributed by atoms with E-state index in [0.717, 1.165) is 0 Å². The first kappa shape index (κ1) is 8.77. The maximum absolute atomic E-state index is 10.6. The molecule has 0 aliphatic heterocycles. The first-order chi connectivity index (χ1) is 5.61. The normalized spacial score (nSPS) is 9.50. The van der Waals surface area contributed by atoms with Gasteiger partial charge in [0, 0.05) is 11.3 Å². The molecule has 0 aromatic heterocycles. The quantitative estimate of drug-likeness (QED) is 0.524. The van der Waals surface area contributed by atoms with Gasteiger partial charge in [-0.25, -0.2) is 0 Å². The van der Waals surface area contributed by atoms with Gasteiger partial charge in [-0.2, -0.15) is 0 Å². The molecule has 0 bridgehead atoms. The Balaban J connectivity index is -0.000000180. The highest BCUT2D eigenvalue weighted by molar-refractivity contribution is 6.58. The van der Waals surface area contributed by atoms with Crippen LogP contribution in [0.25, 0.3) is 0 Å². The van der Waals surface area contributed by atoms with Crippen molar-refractivity contribution in [3.8, 4) is 0 Å². The highest BCUT2D eigenvalue weighted by atomic mass is 16.4. The molecule has 0 saturated heterocycles. The Morgan fingerprint density at radius 1 is 1.33 bits per heavy atom. The van der Waals surface area contributed by atoms with Gasteiger partial charge < -0.3 is 15.8 Å². The molecule has 4 nitrogen and oxygen atoms in total. The van der Waals surface area contributed by atoms with E-state index in [9.17, 15) is 4.79 Å². The maximum Gasteiger partial charge on any atom is 0.488 e.